The van der Waals surface area contributed by atoms with Crippen LogP contribution in [0.2, 0.25) is 0 Å². The summed E-state index contributed by atoms with van der Waals surface area (Å²) in [4.78, 5) is 29.2. The maximum absolute atomic E-state index is 12.0. The molecule has 2 unspecified atom stereocenters. The van der Waals surface area contributed by atoms with E-state index in [9.17, 15) is 9.59 Å². The van der Waals surface area contributed by atoms with E-state index >= 15 is 0 Å². The predicted octanol–water partition coefficient (Wildman–Crippen LogP) is 0.489. The average molecular weight is 233 g/mol. The standard InChI is InChI=1S/C12H15N3O2/c1-8-12(17)15(7-11(16)14-8)9(2)10-5-3-4-6-13-10/h3-6,8-9H,7H2,1-2H3,(H,14,16). The van der Waals surface area contributed by atoms with E-state index in [4.69, 9.17) is 0 Å². The number of rotatable bonds is 2. The minimum absolute atomic E-state index is 0.0669. The smallest absolute Gasteiger partial charge is 0.245 e. The number of amides is 2. The van der Waals surface area contributed by atoms with Gasteiger partial charge in [0.05, 0.1) is 11.7 Å². The Morgan fingerprint density at radius 3 is 2.88 bits per heavy atom. The molecule has 2 heterocycles. The Morgan fingerprint density at radius 2 is 2.24 bits per heavy atom. The van der Waals surface area contributed by atoms with Crippen LogP contribution in [0.4, 0.5) is 0 Å². The van der Waals surface area contributed by atoms with Crippen LogP contribution in [0.5, 0.6) is 0 Å². The molecule has 1 aliphatic heterocycles. The van der Waals surface area contributed by atoms with E-state index in [0.717, 1.165) is 5.69 Å². The normalized spacial score (nSPS) is 22.2. The largest absolute Gasteiger partial charge is 0.343 e. The summed E-state index contributed by atoms with van der Waals surface area (Å²) < 4.78 is 0. The van der Waals surface area contributed by atoms with Crippen molar-refractivity contribution in [3.63, 3.8) is 0 Å². The highest BCUT2D eigenvalue weighted by Crippen LogP contribution is 2.20. The maximum Gasteiger partial charge on any atom is 0.245 e. The van der Waals surface area contributed by atoms with Gasteiger partial charge < -0.3 is 10.2 Å². The van der Waals surface area contributed by atoms with Crippen LogP contribution in [-0.4, -0.2) is 34.3 Å². The second kappa shape index (κ2) is 4.53. The van der Waals surface area contributed by atoms with E-state index in [0.29, 0.717) is 0 Å². The first-order valence-corrected chi connectivity index (χ1v) is 5.60. The van der Waals surface area contributed by atoms with E-state index in [-0.39, 0.29) is 24.4 Å². The number of hydrogen-bond acceptors (Lipinski definition) is 3. The molecule has 0 radical (unpaired) electrons. The maximum atomic E-state index is 12.0. The third-order valence-electron chi connectivity index (χ3n) is 2.93. The summed E-state index contributed by atoms with van der Waals surface area (Å²) in [5, 5.41) is 2.61. The van der Waals surface area contributed by atoms with Crippen LogP contribution in [0.1, 0.15) is 25.6 Å². The lowest BCUT2D eigenvalue weighted by atomic mass is 10.1. The Labute approximate surface area is 99.8 Å². The van der Waals surface area contributed by atoms with Gasteiger partial charge in [-0.25, -0.2) is 0 Å². The summed E-state index contributed by atoms with van der Waals surface area (Å²) in [6.07, 6.45) is 1.68. The number of pyridine rings is 1. The number of nitrogens with one attached hydrogen (secondary N) is 1. The first-order chi connectivity index (χ1) is 8.09. The fraction of sp³-hybridized carbons (Fsp3) is 0.417. The summed E-state index contributed by atoms with van der Waals surface area (Å²) in [5.41, 5.74) is 0.794. The van der Waals surface area contributed by atoms with Gasteiger partial charge in [-0.1, -0.05) is 6.07 Å². The van der Waals surface area contributed by atoms with Crippen molar-refractivity contribution in [3.8, 4) is 0 Å². The van der Waals surface area contributed by atoms with Gasteiger partial charge in [-0.15, -0.1) is 0 Å². The number of carbonyl (C=O) groups is 2. The lowest BCUT2D eigenvalue weighted by Crippen LogP contribution is -2.57. The minimum atomic E-state index is -0.456. The van der Waals surface area contributed by atoms with E-state index in [1.54, 1.807) is 18.0 Å². The molecule has 90 valence electrons. The molecule has 0 bridgehead atoms. The topological polar surface area (TPSA) is 62.3 Å². The van der Waals surface area contributed by atoms with Gasteiger partial charge >= 0.3 is 0 Å². The minimum Gasteiger partial charge on any atom is -0.343 e. The molecule has 1 aromatic heterocycles. The molecule has 0 spiro atoms. The van der Waals surface area contributed by atoms with Gasteiger partial charge in [0.1, 0.15) is 12.6 Å². The monoisotopic (exact) mass is 233 g/mol. The van der Waals surface area contributed by atoms with Crippen LogP contribution in [0.15, 0.2) is 24.4 Å². The van der Waals surface area contributed by atoms with Crippen LogP contribution < -0.4 is 5.32 Å². The Balaban J connectivity index is 2.21. The van der Waals surface area contributed by atoms with E-state index in [1.807, 2.05) is 25.1 Å². The van der Waals surface area contributed by atoms with Gasteiger partial charge in [-0.2, -0.15) is 0 Å². The van der Waals surface area contributed by atoms with E-state index in [1.165, 1.54) is 0 Å². The fourth-order valence-corrected chi connectivity index (χ4v) is 1.94. The molecule has 5 heteroatoms. The number of hydrogen-bond donors (Lipinski definition) is 1. The van der Waals surface area contributed by atoms with Crippen LogP contribution in [0.3, 0.4) is 0 Å². The summed E-state index contributed by atoms with van der Waals surface area (Å²) in [6.45, 7) is 3.67. The van der Waals surface area contributed by atoms with Crippen molar-refractivity contribution in [1.29, 1.82) is 0 Å². The predicted molar refractivity (Wildman–Crippen MR) is 62.0 cm³/mol. The Kier molecular flexibility index (Phi) is 3.08. The zero-order valence-electron chi connectivity index (χ0n) is 9.88. The quantitative estimate of drug-likeness (QED) is 0.808. The van der Waals surface area contributed by atoms with Gasteiger partial charge in [0.25, 0.3) is 0 Å². The van der Waals surface area contributed by atoms with Gasteiger partial charge in [0, 0.05) is 6.20 Å². The molecule has 17 heavy (non-hydrogen) atoms. The highest BCUT2D eigenvalue weighted by molar-refractivity contribution is 5.94. The lowest BCUT2D eigenvalue weighted by Gasteiger charge is -2.34. The SMILES string of the molecule is CC1NC(=O)CN(C(C)c2ccccn2)C1=O. The summed E-state index contributed by atoms with van der Waals surface area (Å²) in [5.74, 6) is -0.192. The van der Waals surface area contributed by atoms with Crippen molar-refractivity contribution in [1.82, 2.24) is 15.2 Å². The molecule has 1 aromatic rings. The van der Waals surface area contributed by atoms with Crippen molar-refractivity contribution in [3.05, 3.63) is 30.1 Å². The van der Waals surface area contributed by atoms with Crippen LogP contribution in [0, 0.1) is 0 Å². The van der Waals surface area contributed by atoms with E-state index < -0.39 is 6.04 Å². The number of nitrogens with zero attached hydrogens (tertiary/aromatic N) is 2. The molecular formula is C12H15N3O2. The summed E-state index contributed by atoms with van der Waals surface area (Å²) >= 11 is 0. The number of piperazine rings is 1. The van der Waals surface area contributed by atoms with Gasteiger partial charge in [0.15, 0.2) is 0 Å². The van der Waals surface area contributed by atoms with Gasteiger partial charge in [-0.05, 0) is 26.0 Å². The zero-order valence-corrected chi connectivity index (χ0v) is 9.88. The third-order valence-corrected chi connectivity index (χ3v) is 2.93. The van der Waals surface area contributed by atoms with Crippen LogP contribution in [-0.2, 0) is 9.59 Å². The molecule has 2 rings (SSSR count). The molecular weight excluding hydrogens is 218 g/mol. The first-order valence-electron chi connectivity index (χ1n) is 5.60. The number of aromatic nitrogens is 1. The van der Waals surface area contributed by atoms with Crippen molar-refractivity contribution in [2.24, 2.45) is 0 Å². The number of carbonyl (C=O) groups excluding carboxylic acids is 2. The van der Waals surface area contributed by atoms with Crippen molar-refractivity contribution >= 4 is 11.8 Å². The van der Waals surface area contributed by atoms with Crippen molar-refractivity contribution in [2.75, 3.05) is 6.54 Å². The molecule has 1 aliphatic rings. The molecule has 1 fully saturated rings. The zero-order chi connectivity index (χ0) is 12.4. The fourth-order valence-electron chi connectivity index (χ4n) is 1.94. The molecule has 2 atom stereocenters. The summed E-state index contributed by atoms with van der Waals surface area (Å²) in [7, 11) is 0. The Hall–Kier alpha value is -1.91. The van der Waals surface area contributed by atoms with Crippen molar-refractivity contribution < 1.29 is 9.59 Å². The van der Waals surface area contributed by atoms with Crippen LogP contribution in [0.25, 0.3) is 0 Å². The highest BCUT2D eigenvalue weighted by atomic mass is 16.2. The Bertz CT molecular complexity index is 433. The second-order valence-electron chi connectivity index (χ2n) is 4.19. The molecule has 0 aromatic carbocycles. The third kappa shape index (κ3) is 2.27. The lowest BCUT2D eigenvalue weighted by molar-refractivity contribution is -0.146. The average Bonchev–Trinajstić information content (AvgIpc) is 2.34. The highest BCUT2D eigenvalue weighted by Gasteiger charge is 2.33. The Morgan fingerprint density at radius 1 is 1.47 bits per heavy atom. The second-order valence-corrected chi connectivity index (χ2v) is 4.19. The molecule has 1 N–H and O–H groups in total. The van der Waals surface area contributed by atoms with Gasteiger partial charge in [0.2, 0.25) is 11.8 Å². The molecule has 1 saturated heterocycles. The van der Waals surface area contributed by atoms with Gasteiger partial charge in [-0.3, -0.25) is 14.6 Å². The molecule has 2 amide bonds. The molecule has 0 aliphatic carbocycles. The first kappa shape index (κ1) is 11.6. The van der Waals surface area contributed by atoms with Crippen LogP contribution >= 0.6 is 0 Å². The molecule has 5 nitrogen and oxygen atoms in total. The van der Waals surface area contributed by atoms with Crippen molar-refractivity contribution in [2.45, 2.75) is 25.9 Å². The molecule has 0 saturated carbocycles. The summed E-state index contributed by atoms with van der Waals surface area (Å²) in [6, 6.07) is 4.91. The van der Waals surface area contributed by atoms with E-state index in [2.05, 4.69) is 10.3 Å².